The number of aliphatic carboxylic acids is 1. The summed E-state index contributed by atoms with van der Waals surface area (Å²) in [5, 5.41) is 9.01. The summed E-state index contributed by atoms with van der Waals surface area (Å²) in [6, 6.07) is 7.98. The Balaban J connectivity index is 2.28. The fourth-order valence-corrected chi connectivity index (χ4v) is 2.76. The molecule has 0 saturated heterocycles. The van der Waals surface area contributed by atoms with E-state index in [1.54, 1.807) is 7.11 Å². The van der Waals surface area contributed by atoms with Gasteiger partial charge in [0.05, 0.1) is 7.11 Å². The molecular formula is C16H20O3. The van der Waals surface area contributed by atoms with Gasteiger partial charge in [-0.3, -0.25) is 0 Å². The maximum Gasteiger partial charge on any atom is 0.328 e. The van der Waals surface area contributed by atoms with Crippen LogP contribution >= 0.6 is 0 Å². The summed E-state index contributed by atoms with van der Waals surface area (Å²) in [5.41, 5.74) is 2.24. The summed E-state index contributed by atoms with van der Waals surface area (Å²) in [5.74, 6) is 0.237. The van der Waals surface area contributed by atoms with Gasteiger partial charge in [0, 0.05) is 12.0 Å². The zero-order chi connectivity index (χ0) is 13.7. The van der Waals surface area contributed by atoms with Crippen LogP contribution in [-0.4, -0.2) is 18.2 Å². The Labute approximate surface area is 113 Å². The maximum atomic E-state index is 11.0. The van der Waals surface area contributed by atoms with E-state index in [4.69, 9.17) is 9.84 Å². The molecule has 3 nitrogen and oxygen atoms in total. The molecule has 102 valence electrons. The van der Waals surface area contributed by atoms with E-state index in [0.29, 0.717) is 0 Å². The number of carboxylic acids is 1. The van der Waals surface area contributed by atoms with E-state index in [-0.39, 0.29) is 5.92 Å². The third-order valence-corrected chi connectivity index (χ3v) is 3.73. The minimum atomic E-state index is -0.838. The molecule has 1 aliphatic carbocycles. The first-order chi connectivity index (χ1) is 9.20. The largest absolute Gasteiger partial charge is 0.497 e. The molecule has 1 fully saturated rings. The standard InChI is InChI=1S/C16H20O3/c1-19-14-9-7-12(8-10-14)15-6-4-2-3-5-13(15)11-16(17)18/h7-11,15H,2-6H2,1H3,(H,17,18)/b13-11+. The molecule has 0 heterocycles. The van der Waals surface area contributed by atoms with Gasteiger partial charge in [0.1, 0.15) is 5.75 Å². The number of ether oxygens (including phenoxy) is 1. The number of hydrogen-bond acceptors (Lipinski definition) is 2. The minimum absolute atomic E-state index is 0.240. The number of allylic oxidation sites excluding steroid dienone is 1. The van der Waals surface area contributed by atoms with Crippen molar-refractivity contribution in [1.29, 1.82) is 0 Å². The second-order valence-electron chi connectivity index (χ2n) is 4.98. The lowest BCUT2D eigenvalue weighted by molar-refractivity contribution is -0.131. The normalized spacial score (nSPS) is 21.9. The molecule has 1 aromatic rings. The van der Waals surface area contributed by atoms with Crippen molar-refractivity contribution >= 4 is 5.97 Å². The highest BCUT2D eigenvalue weighted by atomic mass is 16.5. The molecule has 1 saturated carbocycles. The molecule has 1 N–H and O–H groups in total. The zero-order valence-corrected chi connectivity index (χ0v) is 11.3. The van der Waals surface area contributed by atoms with E-state index >= 15 is 0 Å². The number of carbonyl (C=O) groups is 1. The summed E-state index contributed by atoms with van der Waals surface area (Å²) < 4.78 is 5.16. The van der Waals surface area contributed by atoms with Gasteiger partial charge in [-0.25, -0.2) is 4.79 Å². The predicted octanol–water partition coefficient (Wildman–Crippen LogP) is 3.75. The van der Waals surface area contributed by atoms with Crippen molar-refractivity contribution in [3.05, 3.63) is 41.5 Å². The third kappa shape index (κ3) is 3.60. The molecule has 0 amide bonds. The SMILES string of the molecule is COc1ccc(C2CCCCC/C2=C\C(=O)O)cc1. The Morgan fingerprint density at radius 1 is 1.26 bits per heavy atom. The second-order valence-corrected chi connectivity index (χ2v) is 4.98. The van der Waals surface area contributed by atoms with E-state index in [1.807, 2.05) is 24.3 Å². The van der Waals surface area contributed by atoms with Crippen LogP contribution in [0.1, 0.15) is 43.6 Å². The molecule has 0 spiro atoms. The summed E-state index contributed by atoms with van der Waals surface area (Å²) in [7, 11) is 1.65. The molecule has 19 heavy (non-hydrogen) atoms. The third-order valence-electron chi connectivity index (χ3n) is 3.73. The minimum Gasteiger partial charge on any atom is -0.497 e. The van der Waals surface area contributed by atoms with Crippen molar-refractivity contribution < 1.29 is 14.6 Å². The van der Waals surface area contributed by atoms with Crippen molar-refractivity contribution in [2.24, 2.45) is 0 Å². The smallest absolute Gasteiger partial charge is 0.328 e. The van der Waals surface area contributed by atoms with E-state index in [1.165, 1.54) is 18.1 Å². The van der Waals surface area contributed by atoms with E-state index in [0.717, 1.165) is 37.0 Å². The molecule has 1 unspecified atom stereocenters. The van der Waals surface area contributed by atoms with Crippen LogP contribution in [0.15, 0.2) is 35.9 Å². The van der Waals surface area contributed by atoms with Crippen molar-refractivity contribution in [3.8, 4) is 5.75 Å². The summed E-state index contributed by atoms with van der Waals surface area (Å²) in [4.78, 5) is 11.0. The molecule has 2 rings (SSSR count). The average molecular weight is 260 g/mol. The fourth-order valence-electron chi connectivity index (χ4n) is 2.76. The quantitative estimate of drug-likeness (QED) is 0.665. The number of carboxylic acid groups (broad SMARTS) is 1. The molecule has 0 aromatic heterocycles. The van der Waals surface area contributed by atoms with Gasteiger partial charge in [0.25, 0.3) is 0 Å². The lowest BCUT2D eigenvalue weighted by Crippen LogP contribution is -2.04. The van der Waals surface area contributed by atoms with Crippen LogP contribution < -0.4 is 4.74 Å². The predicted molar refractivity (Wildman–Crippen MR) is 74.5 cm³/mol. The van der Waals surface area contributed by atoms with Crippen LogP contribution in [0.25, 0.3) is 0 Å². The van der Waals surface area contributed by atoms with Crippen LogP contribution in [0.4, 0.5) is 0 Å². The van der Waals surface area contributed by atoms with Crippen LogP contribution in [0.5, 0.6) is 5.75 Å². The first-order valence-electron chi connectivity index (χ1n) is 6.78. The Hall–Kier alpha value is -1.77. The Morgan fingerprint density at radius 3 is 2.63 bits per heavy atom. The Kier molecular flexibility index (Phi) is 4.61. The van der Waals surface area contributed by atoms with E-state index in [2.05, 4.69) is 0 Å². The van der Waals surface area contributed by atoms with Crippen molar-refractivity contribution in [1.82, 2.24) is 0 Å². The molecule has 1 aliphatic rings. The van der Waals surface area contributed by atoms with Crippen LogP contribution in [-0.2, 0) is 4.79 Å². The van der Waals surface area contributed by atoms with Gasteiger partial charge in [0.2, 0.25) is 0 Å². The van der Waals surface area contributed by atoms with Gasteiger partial charge in [-0.05, 0) is 37.0 Å². The van der Waals surface area contributed by atoms with Gasteiger partial charge >= 0.3 is 5.97 Å². The molecule has 3 heteroatoms. The van der Waals surface area contributed by atoms with Crippen molar-refractivity contribution in [3.63, 3.8) is 0 Å². The number of methoxy groups -OCH3 is 1. The van der Waals surface area contributed by atoms with Crippen LogP contribution in [0.3, 0.4) is 0 Å². The summed E-state index contributed by atoms with van der Waals surface area (Å²) in [6.07, 6.45) is 6.76. The van der Waals surface area contributed by atoms with Gasteiger partial charge in [-0.1, -0.05) is 30.5 Å². The second kappa shape index (κ2) is 6.41. The molecular weight excluding hydrogens is 240 g/mol. The van der Waals surface area contributed by atoms with E-state index < -0.39 is 5.97 Å². The van der Waals surface area contributed by atoms with Gasteiger partial charge in [-0.15, -0.1) is 0 Å². The van der Waals surface area contributed by atoms with Gasteiger partial charge in [0.15, 0.2) is 0 Å². The summed E-state index contributed by atoms with van der Waals surface area (Å²) in [6.45, 7) is 0. The zero-order valence-electron chi connectivity index (χ0n) is 11.3. The molecule has 0 bridgehead atoms. The highest BCUT2D eigenvalue weighted by molar-refractivity contribution is 5.81. The molecule has 0 radical (unpaired) electrons. The molecule has 0 aliphatic heterocycles. The molecule has 1 atom stereocenters. The van der Waals surface area contributed by atoms with Crippen molar-refractivity contribution in [2.75, 3.05) is 7.11 Å². The first-order valence-corrected chi connectivity index (χ1v) is 6.78. The van der Waals surface area contributed by atoms with Gasteiger partial charge < -0.3 is 9.84 Å². The Morgan fingerprint density at radius 2 is 2.00 bits per heavy atom. The van der Waals surface area contributed by atoms with Crippen LogP contribution in [0, 0.1) is 0 Å². The lowest BCUT2D eigenvalue weighted by Gasteiger charge is -2.18. The molecule has 1 aromatic carbocycles. The lowest BCUT2D eigenvalue weighted by atomic mass is 9.87. The highest BCUT2D eigenvalue weighted by Crippen LogP contribution is 2.36. The average Bonchev–Trinajstić information content (AvgIpc) is 2.64. The topological polar surface area (TPSA) is 46.5 Å². The monoisotopic (exact) mass is 260 g/mol. The van der Waals surface area contributed by atoms with Crippen LogP contribution in [0.2, 0.25) is 0 Å². The highest BCUT2D eigenvalue weighted by Gasteiger charge is 2.20. The number of hydrogen-bond donors (Lipinski definition) is 1. The maximum absolute atomic E-state index is 11.0. The first kappa shape index (κ1) is 13.7. The van der Waals surface area contributed by atoms with Crippen molar-refractivity contribution in [2.45, 2.75) is 38.0 Å². The number of rotatable bonds is 3. The Bertz CT molecular complexity index is 459. The van der Waals surface area contributed by atoms with E-state index in [9.17, 15) is 4.79 Å². The number of benzene rings is 1. The summed E-state index contributed by atoms with van der Waals surface area (Å²) >= 11 is 0. The fraction of sp³-hybridized carbons (Fsp3) is 0.438. The van der Waals surface area contributed by atoms with Gasteiger partial charge in [-0.2, -0.15) is 0 Å².